The van der Waals surface area contributed by atoms with Crippen molar-refractivity contribution in [1.82, 2.24) is 15.5 Å². The Bertz CT molecular complexity index is 713. The first kappa shape index (κ1) is 20.0. The van der Waals surface area contributed by atoms with Gasteiger partial charge in [-0.05, 0) is 30.4 Å². The number of nitrogens with zero attached hydrogens (tertiary/aromatic N) is 1. The van der Waals surface area contributed by atoms with Crippen LogP contribution < -0.4 is 20.7 Å². The quantitative estimate of drug-likeness (QED) is 0.500. The molecular formula is C17H21ClN4O3S. The fraction of sp³-hybridized carbons (Fsp3) is 0.353. The van der Waals surface area contributed by atoms with Crippen LogP contribution in [0, 0.1) is 0 Å². The van der Waals surface area contributed by atoms with E-state index in [1.165, 1.54) is 7.11 Å². The lowest BCUT2D eigenvalue weighted by Crippen LogP contribution is -2.60. The molecule has 1 heterocycles. The third kappa shape index (κ3) is 5.09. The van der Waals surface area contributed by atoms with Gasteiger partial charge in [0.05, 0.1) is 19.2 Å². The summed E-state index contributed by atoms with van der Waals surface area (Å²) in [6.45, 7) is 5.09. The fourth-order valence-corrected chi connectivity index (χ4v) is 3.05. The first-order chi connectivity index (χ1) is 12.5. The summed E-state index contributed by atoms with van der Waals surface area (Å²) in [4.78, 5) is 26.5. The van der Waals surface area contributed by atoms with Gasteiger partial charge < -0.3 is 25.6 Å². The number of thiocarbonyl (C=S) groups is 1. The zero-order valence-corrected chi connectivity index (χ0v) is 16.0. The maximum atomic E-state index is 12.5. The van der Waals surface area contributed by atoms with Crippen LogP contribution in [0.15, 0.2) is 30.9 Å². The minimum atomic E-state index is -0.696. The van der Waals surface area contributed by atoms with E-state index in [1.54, 1.807) is 29.2 Å². The Balaban J connectivity index is 2.09. The summed E-state index contributed by atoms with van der Waals surface area (Å²) in [7, 11) is 1.50. The number of anilines is 1. The van der Waals surface area contributed by atoms with Gasteiger partial charge in [0.2, 0.25) is 11.8 Å². The number of carbonyl (C=O) groups excluding carboxylic acids is 2. The summed E-state index contributed by atoms with van der Waals surface area (Å²) >= 11 is 11.3. The van der Waals surface area contributed by atoms with Crippen LogP contribution in [0.4, 0.5) is 5.69 Å². The Morgan fingerprint density at radius 1 is 1.58 bits per heavy atom. The minimum absolute atomic E-state index is 0.0581. The number of ether oxygens (including phenoxy) is 1. The number of halogens is 1. The van der Waals surface area contributed by atoms with Gasteiger partial charge in [-0.15, -0.1) is 6.58 Å². The molecule has 0 unspecified atom stereocenters. The monoisotopic (exact) mass is 396 g/mol. The lowest BCUT2D eigenvalue weighted by atomic mass is 10.1. The Morgan fingerprint density at radius 2 is 2.35 bits per heavy atom. The second kappa shape index (κ2) is 9.40. The average molecular weight is 397 g/mol. The molecule has 0 aromatic heterocycles. The Hall–Kier alpha value is -2.32. The molecule has 0 radical (unpaired) electrons. The maximum Gasteiger partial charge on any atom is 0.243 e. The summed E-state index contributed by atoms with van der Waals surface area (Å²) in [6, 6.07) is 4.22. The van der Waals surface area contributed by atoms with E-state index in [9.17, 15) is 9.59 Å². The summed E-state index contributed by atoms with van der Waals surface area (Å²) in [5.41, 5.74) is 0.445. The van der Waals surface area contributed by atoms with Crippen LogP contribution >= 0.6 is 23.8 Å². The van der Waals surface area contributed by atoms with Crippen molar-refractivity contribution in [3.8, 4) is 5.75 Å². The second-order valence-electron chi connectivity index (χ2n) is 5.57. The molecule has 0 aliphatic carbocycles. The van der Waals surface area contributed by atoms with Crippen molar-refractivity contribution in [1.29, 1.82) is 0 Å². The van der Waals surface area contributed by atoms with E-state index < -0.39 is 6.04 Å². The minimum Gasteiger partial charge on any atom is -0.495 e. The number of rotatable bonds is 6. The first-order valence-electron chi connectivity index (χ1n) is 8.02. The van der Waals surface area contributed by atoms with Crippen LogP contribution in [-0.4, -0.2) is 54.6 Å². The molecule has 7 nitrogen and oxygen atoms in total. The topological polar surface area (TPSA) is 82.7 Å². The van der Waals surface area contributed by atoms with E-state index in [1.807, 2.05) is 0 Å². The zero-order valence-electron chi connectivity index (χ0n) is 14.4. The average Bonchev–Trinajstić information content (AvgIpc) is 2.61. The molecule has 1 fully saturated rings. The van der Waals surface area contributed by atoms with Gasteiger partial charge in [0.15, 0.2) is 5.11 Å². The second-order valence-corrected chi connectivity index (χ2v) is 6.39. The summed E-state index contributed by atoms with van der Waals surface area (Å²) in [5, 5.41) is 9.37. The van der Waals surface area contributed by atoms with Crippen molar-refractivity contribution in [2.75, 3.05) is 32.1 Å². The molecule has 1 aromatic rings. The predicted molar refractivity (Wildman–Crippen MR) is 106 cm³/mol. The third-order valence-electron chi connectivity index (χ3n) is 3.80. The number of methoxy groups -OCH3 is 1. The Labute approximate surface area is 162 Å². The number of carbonyl (C=O) groups is 2. The lowest BCUT2D eigenvalue weighted by Gasteiger charge is -2.36. The van der Waals surface area contributed by atoms with Gasteiger partial charge >= 0.3 is 0 Å². The van der Waals surface area contributed by atoms with Gasteiger partial charge in [-0.2, -0.15) is 0 Å². The van der Waals surface area contributed by atoms with E-state index in [2.05, 4.69) is 22.5 Å². The molecule has 3 N–H and O–H groups in total. The number of hydrogen-bond acceptors (Lipinski definition) is 4. The highest BCUT2D eigenvalue weighted by atomic mass is 35.5. The van der Waals surface area contributed by atoms with E-state index >= 15 is 0 Å². The van der Waals surface area contributed by atoms with Gasteiger partial charge in [-0.3, -0.25) is 9.59 Å². The van der Waals surface area contributed by atoms with Crippen LogP contribution in [0.25, 0.3) is 0 Å². The molecule has 1 aromatic carbocycles. The molecule has 0 spiro atoms. The molecule has 2 rings (SSSR count). The SMILES string of the molecule is C=CCNC(=S)N1CCNC(=O)[C@H]1CC(=O)Nc1cc(Cl)ccc1OC. The molecule has 0 bridgehead atoms. The van der Waals surface area contributed by atoms with Crippen LogP contribution in [-0.2, 0) is 9.59 Å². The van der Waals surface area contributed by atoms with Crippen molar-refractivity contribution in [2.45, 2.75) is 12.5 Å². The molecule has 140 valence electrons. The fourth-order valence-electron chi connectivity index (χ4n) is 2.58. The Kier molecular flexibility index (Phi) is 7.23. The van der Waals surface area contributed by atoms with Gasteiger partial charge in [0.25, 0.3) is 0 Å². The van der Waals surface area contributed by atoms with E-state index in [0.29, 0.717) is 41.2 Å². The predicted octanol–water partition coefficient (Wildman–Crippen LogP) is 1.54. The first-order valence-corrected chi connectivity index (χ1v) is 8.81. The van der Waals surface area contributed by atoms with E-state index in [-0.39, 0.29) is 18.2 Å². The maximum absolute atomic E-state index is 12.5. The summed E-state index contributed by atoms with van der Waals surface area (Å²) in [5.74, 6) is -0.104. The molecule has 1 saturated heterocycles. The van der Waals surface area contributed by atoms with Gasteiger partial charge in [-0.25, -0.2) is 0 Å². The van der Waals surface area contributed by atoms with E-state index in [4.69, 9.17) is 28.6 Å². The van der Waals surface area contributed by atoms with Gasteiger partial charge in [0.1, 0.15) is 11.8 Å². The van der Waals surface area contributed by atoms with Crippen LogP contribution in [0.2, 0.25) is 5.02 Å². The van der Waals surface area contributed by atoms with Crippen LogP contribution in [0.1, 0.15) is 6.42 Å². The van der Waals surface area contributed by atoms with Crippen molar-refractivity contribution in [3.05, 3.63) is 35.9 Å². The number of hydrogen-bond donors (Lipinski definition) is 3. The van der Waals surface area contributed by atoms with Crippen LogP contribution in [0.3, 0.4) is 0 Å². The summed E-state index contributed by atoms with van der Waals surface area (Å²) in [6.07, 6.45) is 1.61. The number of benzene rings is 1. The van der Waals surface area contributed by atoms with E-state index in [0.717, 1.165) is 0 Å². The van der Waals surface area contributed by atoms with Crippen molar-refractivity contribution in [3.63, 3.8) is 0 Å². The number of nitrogens with one attached hydrogen (secondary N) is 3. The normalized spacial score (nSPS) is 16.5. The smallest absolute Gasteiger partial charge is 0.243 e. The van der Waals surface area contributed by atoms with Crippen LogP contribution in [0.5, 0.6) is 5.75 Å². The molecule has 1 aliphatic heterocycles. The molecule has 2 amide bonds. The van der Waals surface area contributed by atoms with Crippen molar-refractivity contribution in [2.24, 2.45) is 0 Å². The third-order valence-corrected chi connectivity index (χ3v) is 4.42. The molecule has 26 heavy (non-hydrogen) atoms. The molecule has 1 atom stereocenters. The standard InChI is InChI=1S/C17H21ClN4O3S/c1-3-6-20-17(26)22-8-7-19-16(24)13(22)10-15(23)21-12-9-11(18)4-5-14(12)25-2/h3-5,9,13H,1,6-8,10H2,2H3,(H,19,24)(H,20,26)(H,21,23)/t13-/m1/s1. The highest BCUT2D eigenvalue weighted by molar-refractivity contribution is 7.80. The Morgan fingerprint density at radius 3 is 3.04 bits per heavy atom. The highest BCUT2D eigenvalue weighted by Crippen LogP contribution is 2.28. The van der Waals surface area contributed by atoms with Crippen molar-refractivity contribution < 1.29 is 14.3 Å². The molecule has 1 aliphatic rings. The molecular weight excluding hydrogens is 376 g/mol. The lowest BCUT2D eigenvalue weighted by molar-refractivity contribution is -0.130. The number of piperazine rings is 1. The van der Waals surface area contributed by atoms with Crippen molar-refractivity contribution >= 4 is 46.4 Å². The largest absolute Gasteiger partial charge is 0.495 e. The highest BCUT2D eigenvalue weighted by Gasteiger charge is 2.33. The van der Waals surface area contributed by atoms with Gasteiger partial charge in [-0.1, -0.05) is 17.7 Å². The zero-order chi connectivity index (χ0) is 19.1. The summed E-state index contributed by atoms with van der Waals surface area (Å²) < 4.78 is 5.21. The molecule has 0 saturated carbocycles. The molecule has 9 heteroatoms. The van der Waals surface area contributed by atoms with Gasteiger partial charge in [0, 0.05) is 24.7 Å². The number of amides is 2.